The Hall–Kier alpha value is -0.130. The number of hydrogen-bond acceptors (Lipinski definition) is 3. The molecule has 1 aliphatic carbocycles. The van der Waals surface area contributed by atoms with Crippen LogP contribution < -0.4 is 4.72 Å². The Kier molecular flexibility index (Phi) is 2.75. The quantitative estimate of drug-likeness (QED) is 0.630. The second kappa shape index (κ2) is 3.32. The molecule has 1 saturated carbocycles. The molecule has 0 heterocycles. The van der Waals surface area contributed by atoms with Gasteiger partial charge in [-0.05, 0) is 19.8 Å². The standard InChI is InChI=1S/C7H15NO3S/c1-2-12(10,11)8-5-7(6-9)3-4-7/h8-9H,2-6H2,1H3. The van der Waals surface area contributed by atoms with E-state index >= 15 is 0 Å². The van der Waals surface area contributed by atoms with Crippen LogP contribution in [0.15, 0.2) is 0 Å². The Labute approximate surface area is 73.0 Å². The fourth-order valence-electron chi connectivity index (χ4n) is 0.933. The van der Waals surface area contributed by atoms with Gasteiger partial charge in [0.2, 0.25) is 10.0 Å². The number of hydrogen-bond donors (Lipinski definition) is 2. The molecule has 0 saturated heterocycles. The average molecular weight is 193 g/mol. The van der Waals surface area contributed by atoms with E-state index in [1.807, 2.05) is 0 Å². The van der Waals surface area contributed by atoms with Crippen molar-refractivity contribution in [2.75, 3.05) is 18.9 Å². The van der Waals surface area contributed by atoms with Crippen LogP contribution in [0.25, 0.3) is 0 Å². The molecule has 0 aromatic heterocycles. The number of sulfonamides is 1. The summed E-state index contributed by atoms with van der Waals surface area (Å²) in [6.07, 6.45) is 1.85. The van der Waals surface area contributed by atoms with Gasteiger partial charge in [-0.1, -0.05) is 0 Å². The Bertz CT molecular complexity index is 243. The Morgan fingerprint density at radius 3 is 2.42 bits per heavy atom. The van der Waals surface area contributed by atoms with Crippen molar-refractivity contribution in [3.05, 3.63) is 0 Å². The summed E-state index contributed by atoms with van der Waals surface area (Å²) >= 11 is 0. The number of aliphatic hydroxyl groups is 1. The van der Waals surface area contributed by atoms with Gasteiger partial charge in [0.05, 0.1) is 5.75 Å². The molecule has 4 nitrogen and oxygen atoms in total. The Morgan fingerprint density at radius 2 is 2.08 bits per heavy atom. The summed E-state index contributed by atoms with van der Waals surface area (Å²) < 4.78 is 24.5. The second-order valence-corrected chi connectivity index (χ2v) is 5.48. The lowest BCUT2D eigenvalue weighted by Gasteiger charge is -2.11. The molecule has 2 N–H and O–H groups in total. The second-order valence-electron chi connectivity index (χ2n) is 3.38. The first kappa shape index (κ1) is 9.95. The van der Waals surface area contributed by atoms with E-state index in [-0.39, 0.29) is 17.8 Å². The van der Waals surface area contributed by atoms with Crippen molar-refractivity contribution in [3.63, 3.8) is 0 Å². The molecule has 0 radical (unpaired) electrons. The summed E-state index contributed by atoms with van der Waals surface area (Å²) in [7, 11) is -3.08. The van der Waals surface area contributed by atoms with Crippen LogP contribution >= 0.6 is 0 Å². The third-order valence-electron chi connectivity index (χ3n) is 2.34. The van der Waals surface area contributed by atoms with Gasteiger partial charge in [-0.25, -0.2) is 13.1 Å². The zero-order chi connectivity index (χ0) is 9.24. The van der Waals surface area contributed by atoms with Gasteiger partial charge >= 0.3 is 0 Å². The number of aliphatic hydroxyl groups excluding tert-OH is 1. The van der Waals surface area contributed by atoms with Crippen molar-refractivity contribution in [3.8, 4) is 0 Å². The zero-order valence-corrected chi connectivity index (χ0v) is 8.02. The van der Waals surface area contributed by atoms with E-state index in [0.29, 0.717) is 6.54 Å². The van der Waals surface area contributed by atoms with Gasteiger partial charge in [-0.15, -0.1) is 0 Å². The lowest BCUT2D eigenvalue weighted by Crippen LogP contribution is -2.32. The number of nitrogens with one attached hydrogen (secondary N) is 1. The molecule has 0 aromatic rings. The van der Waals surface area contributed by atoms with Crippen LogP contribution in [0.1, 0.15) is 19.8 Å². The van der Waals surface area contributed by atoms with Crippen LogP contribution in [0.3, 0.4) is 0 Å². The van der Waals surface area contributed by atoms with Gasteiger partial charge < -0.3 is 5.11 Å². The van der Waals surface area contributed by atoms with E-state index < -0.39 is 10.0 Å². The molecular formula is C7H15NO3S. The van der Waals surface area contributed by atoms with Gasteiger partial charge in [0, 0.05) is 18.6 Å². The highest BCUT2D eigenvalue weighted by Gasteiger charge is 2.42. The van der Waals surface area contributed by atoms with Crippen molar-refractivity contribution < 1.29 is 13.5 Å². The molecule has 1 aliphatic rings. The van der Waals surface area contributed by atoms with Gasteiger partial charge in [-0.3, -0.25) is 0 Å². The van der Waals surface area contributed by atoms with E-state index in [1.54, 1.807) is 6.92 Å². The molecule has 0 amide bonds. The summed E-state index contributed by atoms with van der Waals surface area (Å²) in [5.41, 5.74) is -0.137. The molecule has 1 rings (SSSR count). The third kappa shape index (κ3) is 2.43. The molecule has 0 bridgehead atoms. The minimum Gasteiger partial charge on any atom is -0.396 e. The summed E-state index contributed by atoms with van der Waals surface area (Å²) in [5.74, 6) is 0.106. The summed E-state index contributed by atoms with van der Waals surface area (Å²) in [5, 5.41) is 8.89. The van der Waals surface area contributed by atoms with Gasteiger partial charge in [0.15, 0.2) is 0 Å². The van der Waals surface area contributed by atoms with Crippen LogP contribution in [-0.2, 0) is 10.0 Å². The van der Waals surface area contributed by atoms with Crippen molar-refractivity contribution in [2.24, 2.45) is 5.41 Å². The van der Waals surface area contributed by atoms with Crippen LogP contribution in [0, 0.1) is 5.41 Å². The van der Waals surface area contributed by atoms with E-state index in [4.69, 9.17) is 5.11 Å². The van der Waals surface area contributed by atoms with Crippen molar-refractivity contribution in [2.45, 2.75) is 19.8 Å². The van der Waals surface area contributed by atoms with Gasteiger partial charge in [-0.2, -0.15) is 0 Å². The highest BCUT2D eigenvalue weighted by molar-refractivity contribution is 7.89. The zero-order valence-electron chi connectivity index (χ0n) is 7.21. The van der Waals surface area contributed by atoms with E-state index in [9.17, 15) is 8.42 Å². The van der Waals surface area contributed by atoms with Crippen molar-refractivity contribution >= 4 is 10.0 Å². The van der Waals surface area contributed by atoms with Crippen LogP contribution in [0.4, 0.5) is 0 Å². The first-order chi connectivity index (χ1) is 5.54. The maximum Gasteiger partial charge on any atom is 0.211 e. The van der Waals surface area contributed by atoms with E-state index in [1.165, 1.54) is 0 Å². The largest absolute Gasteiger partial charge is 0.396 e. The molecule has 0 aromatic carbocycles. The fraction of sp³-hybridized carbons (Fsp3) is 1.00. The topological polar surface area (TPSA) is 66.4 Å². The molecule has 0 spiro atoms. The van der Waals surface area contributed by atoms with Gasteiger partial charge in [0.25, 0.3) is 0 Å². The minimum atomic E-state index is -3.08. The fourth-order valence-corrected chi connectivity index (χ4v) is 1.66. The summed E-state index contributed by atoms with van der Waals surface area (Å²) in [6, 6.07) is 0. The molecule has 0 atom stereocenters. The lowest BCUT2D eigenvalue weighted by atomic mass is 10.1. The Morgan fingerprint density at radius 1 is 1.50 bits per heavy atom. The maximum absolute atomic E-state index is 11.0. The SMILES string of the molecule is CCS(=O)(=O)NCC1(CO)CC1. The molecule has 0 unspecified atom stereocenters. The van der Waals surface area contributed by atoms with E-state index in [0.717, 1.165) is 12.8 Å². The molecule has 1 fully saturated rings. The highest BCUT2D eigenvalue weighted by atomic mass is 32.2. The van der Waals surface area contributed by atoms with Crippen LogP contribution in [0.5, 0.6) is 0 Å². The van der Waals surface area contributed by atoms with Crippen LogP contribution in [0.2, 0.25) is 0 Å². The first-order valence-electron chi connectivity index (χ1n) is 4.12. The molecule has 12 heavy (non-hydrogen) atoms. The van der Waals surface area contributed by atoms with Gasteiger partial charge in [0.1, 0.15) is 0 Å². The number of rotatable bonds is 5. The highest BCUT2D eigenvalue weighted by Crippen LogP contribution is 2.44. The smallest absolute Gasteiger partial charge is 0.211 e. The lowest BCUT2D eigenvalue weighted by molar-refractivity contribution is 0.213. The van der Waals surface area contributed by atoms with E-state index in [2.05, 4.69) is 4.72 Å². The normalized spacial score (nSPS) is 20.8. The van der Waals surface area contributed by atoms with Crippen LogP contribution in [-0.4, -0.2) is 32.4 Å². The molecule has 5 heteroatoms. The summed E-state index contributed by atoms with van der Waals surface area (Å²) in [6.45, 7) is 2.07. The molecule has 0 aliphatic heterocycles. The first-order valence-corrected chi connectivity index (χ1v) is 5.77. The third-order valence-corrected chi connectivity index (χ3v) is 3.68. The minimum absolute atomic E-state index is 0.0826. The maximum atomic E-state index is 11.0. The molecular weight excluding hydrogens is 178 g/mol. The Balaban J connectivity index is 2.35. The summed E-state index contributed by atoms with van der Waals surface area (Å²) in [4.78, 5) is 0. The van der Waals surface area contributed by atoms with Crippen molar-refractivity contribution in [1.29, 1.82) is 0 Å². The van der Waals surface area contributed by atoms with Crippen molar-refractivity contribution in [1.82, 2.24) is 4.72 Å². The predicted molar refractivity (Wildman–Crippen MR) is 46.2 cm³/mol. The molecule has 72 valence electrons. The predicted octanol–water partition coefficient (Wildman–Crippen LogP) is -0.302. The monoisotopic (exact) mass is 193 g/mol. The average Bonchev–Trinajstić information content (AvgIpc) is 2.82.